The number of halogens is 4. The first-order valence-corrected chi connectivity index (χ1v) is 13.2. The highest BCUT2D eigenvalue weighted by Gasteiger charge is 2.54. The van der Waals surface area contributed by atoms with Crippen molar-refractivity contribution in [3.63, 3.8) is 0 Å². The van der Waals surface area contributed by atoms with Crippen LogP contribution in [0.1, 0.15) is 104 Å². The monoisotopic (exact) mass is 498 g/mol. The Morgan fingerprint density at radius 1 is 1.12 bits per heavy atom. The van der Waals surface area contributed by atoms with Crippen LogP contribution in [0.2, 0.25) is 0 Å². The summed E-state index contributed by atoms with van der Waals surface area (Å²) in [7, 11) is 0. The van der Waals surface area contributed by atoms with Gasteiger partial charge in [-0.05, 0) is 48.3 Å². The number of unbranched alkanes of at least 4 members (excludes halogenated alkanes) is 6. The number of carboxylic acid groups (broad SMARTS) is 1. The van der Waals surface area contributed by atoms with E-state index >= 15 is 8.78 Å². The van der Waals surface area contributed by atoms with Crippen LogP contribution >= 0.6 is 11.3 Å². The van der Waals surface area contributed by atoms with Crippen molar-refractivity contribution in [2.24, 2.45) is 5.92 Å². The van der Waals surface area contributed by atoms with Crippen LogP contribution in [0.4, 0.5) is 17.6 Å². The summed E-state index contributed by atoms with van der Waals surface area (Å²) >= 11 is 0.957. The van der Waals surface area contributed by atoms with Gasteiger partial charge in [-0.2, -0.15) is 0 Å². The molecule has 0 spiro atoms. The average Bonchev–Trinajstić information content (AvgIpc) is 3.32. The highest BCUT2D eigenvalue weighted by atomic mass is 32.1. The first-order valence-electron chi connectivity index (χ1n) is 12.3. The van der Waals surface area contributed by atoms with Gasteiger partial charge >= 0.3 is 5.97 Å². The van der Waals surface area contributed by atoms with Crippen LogP contribution in [0.25, 0.3) is 0 Å². The van der Waals surface area contributed by atoms with Gasteiger partial charge in [-0.15, -0.1) is 11.3 Å². The Morgan fingerprint density at radius 3 is 2.44 bits per heavy atom. The summed E-state index contributed by atoms with van der Waals surface area (Å²) in [5.74, 6) is -1.70. The van der Waals surface area contributed by atoms with Crippen LogP contribution < -0.4 is 0 Å². The molecular weight excluding hydrogens is 464 g/mol. The predicted octanol–water partition coefficient (Wildman–Crippen LogP) is 8.90. The second kappa shape index (κ2) is 12.2. The zero-order chi connectivity index (χ0) is 24.7. The molecule has 3 rings (SSSR count). The van der Waals surface area contributed by atoms with Gasteiger partial charge in [0.2, 0.25) is 0 Å². The highest BCUT2D eigenvalue weighted by Crippen LogP contribution is 2.53. The zero-order valence-electron chi connectivity index (χ0n) is 19.6. The molecule has 1 aromatic heterocycles. The predicted molar refractivity (Wildman–Crippen MR) is 129 cm³/mol. The largest absolute Gasteiger partial charge is 0.478 e. The maximum Gasteiger partial charge on any atom is 0.335 e. The van der Waals surface area contributed by atoms with Crippen LogP contribution in [-0.4, -0.2) is 23.4 Å². The van der Waals surface area contributed by atoms with Crippen molar-refractivity contribution in [1.29, 1.82) is 0 Å². The fraction of sp³-hybridized carbons (Fsp3) is 0.593. The Bertz CT molecular complexity index is 931. The summed E-state index contributed by atoms with van der Waals surface area (Å²) < 4.78 is 58.4. The molecule has 1 aromatic carbocycles. The molecule has 1 fully saturated rings. The fourth-order valence-corrected chi connectivity index (χ4v) is 6.49. The SMILES string of the molecule is CCCCCCCCCC1CCC(c2cc(C(F)F)cs2)(c2ccccc2C(=O)O)C(F)C1F. The molecule has 1 heterocycles. The van der Waals surface area contributed by atoms with Crippen LogP contribution in [0.5, 0.6) is 0 Å². The maximum absolute atomic E-state index is 16.1. The summed E-state index contributed by atoms with van der Waals surface area (Å²) in [6.45, 7) is 2.16. The minimum atomic E-state index is -2.73. The van der Waals surface area contributed by atoms with Gasteiger partial charge in [0.25, 0.3) is 6.43 Å². The molecule has 1 aliphatic carbocycles. The molecule has 0 radical (unpaired) electrons. The molecule has 1 aliphatic rings. The lowest BCUT2D eigenvalue weighted by atomic mass is 9.62. The normalized spacial score (nSPS) is 25.1. The Morgan fingerprint density at radius 2 is 1.79 bits per heavy atom. The lowest BCUT2D eigenvalue weighted by Gasteiger charge is -2.45. The minimum absolute atomic E-state index is 0.116. The second-order valence-electron chi connectivity index (χ2n) is 9.42. The summed E-state index contributed by atoms with van der Waals surface area (Å²) in [5, 5.41) is 11.0. The topological polar surface area (TPSA) is 37.3 Å². The first-order chi connectivity index (χ1) is 16.3. The van der Waals surface area contributed by atoms with Crippen molar-refractivity contribution in [2.75, 3.05) is 0 Å². The van der Waals surface area contributed by atoms with Gasteiger partial charge in [-0.25, -0.2) is 22.4 Å². The van der Waals surface area contributed by atoms with Gasteiger partial charge in [0.1, 0.15) is 12.3 Å². The zero-order valence-corrected chi connectivity index (χ0v) is 20.4. The van der Waals surface area contributed by atoms with Crippen molar-refractivity contribution < 1.29 is 27.5 Å². The third-order valence-corrected chi connectivity index (χ3v) is 8.36. The van der Waals surface area contributed by atoms with E-state index in [-0.39, 0.29) is 28.0 Å². The molecule has 0 bridgehead atoms. The number of rotatable bonds is 12. The van der Waals surface area contributed by atoms with Crippen LogP contribution in [0.15, 0.2) is 35.7 Å². The lowest BCUT2D eigenvalue weighted by molar-refractivity contribution is 0.0148. The maximum atomic E-state index is 16.1. The quantitative estimate of drug-likeness (QED) is 0.234. The summed E-state index contributed by atoms with van der Waals surface area (Å²) in [4.78, 5) is 12.2. The Hall–Kier alpha value is -1.89. The molecule has 0 amide bonds. The molecule has 1 N–H and O–H groups in total. The van der Waals surface area contributed by atoms with Crippen molar-refractivity contribution >= 4 is 17.3 Å². The van der Waals surface area contributed by atoms with Crippen molar-refractivity contribution in [3.05, 3.63) is 57.3 Å². The van der Waals surface area contributed by atoms with Crippen molar-refractivity contribution in [3.8, 4) is 0 Å². The third kappa shape index (κ3) is 5.67. The molecule has 0 saturated heterocycles. The second-order valence-corrected chi connectivity index (χ2v) is 10.3. The van der Waals surface area contributed by atoms with E-state index in [2.05, 4.69) is 6.92 Å². The number of thiophene rings is 1. The number of aromatic carboxylic acids is 1. The smallest absolute Gasteiger partial charge is 0.335 e. The molecule has 1 saturated carbocycles. The number of carboxylic acids is 1. The van der Waals surface area contributed by atoms with E-state index in [9.17, 15) is 18.7 Å². The first kappa shape index (κ1) is 26.7. The van der Waals surface area contributed by atoms with E-state index in [0.717, 1.165) is 37.0 Å². The standard InChI is InChI=1S/C27H34F4O2S/c1-2-3-4-5-6-7-8-11-18-14-15-27(24(29)23(18)28,22-16-19(17-34-22)25(30)31)21-13-10-9-12-20(21)26(32)33/h9-10,12-13,16-18,23-25H,2-8,11,14-15H2,1H3,(H,32,33). The van der Waals surface area contributed by atoms with E-state index in [1.807, 2.05) is 0 Å². The van der Waals surface area contributed by atoms with Gasteiger partial charge in [-0.3, -0.25) is 0 Å². The summed E-state index contributed by atoms with van der Waals surface area (Å²) in [6.07, 6.45) is 2.27. The molecule has 7 heteroatoms. The number of hydrogen-bond donors (Lipinski definition) is 1. The van der Waals surface area contributed by atoms with Gasteiger partial charge in [0.15, 0.2) is 0 Å². The van der Waals surface area contributed by atoms with Crippen LogP contribution in [-0.2, 0) is 5.41 Å². The van der Waals surface area contributed by atoms with E-state index in [0.29, 0.717) is 12.8 Å². The fourth-order valence-electron chi connectivity index (χ4n) is 5.32. The van der Waals surface area contributed by atoms with Gasteiger partial charge < -0.3 is 5.11 Å². The van der Waals surface area contributed by atoms with Gasteiger partial charge in [0.05, 0.1) is 11.0 Å². The van der Waals surface area contributed by atoms with Crippen molar-refractivity contribution in [2.45, 2.75) is 95.3 Å². The molecule has 2 nitrogen and oxygen atoms in total. The Labute approximate surface area is 203 Å². The van der Waals surface area contributed by atoms with E-state index in [4.69, 9.17) is 0 Å². The number of benzene rings is 1. The highest BCUT2D eigenvalue weighted by molar-refractivity contribution is 7.10. The number of alkyl halides is 4. The molecule has 4 unspecified atom stereocenters. The van der Waals surface area contributed by atoms with Crippen molar-refractivity contribution in [1.82, 2.24) is 0 Å². The van der Waals surface area contributed by atoms with Crippen LogP contribution in [0, 0.1) is 5.92 Å². The average molecular weight is 499 g/mol. The number of hydrogen-bond acceptors (Lipinski definition) is 2. The molecule has 34 heavy (non-hydrogen) atoms. The molecule has 0 aliphatic heterocycles. The summed E-state index contributed by atoms with van der Waals surface area (Å²) in [6, 6.07) is 7.22. The molecular formula is C27H34F4O2S. The van der Waals surface area contributed by atoms with E-state index in [1.54, 1.807) is 6.07 Å². The molecule has 4 atom stereocenters. The van der Waals surface area contributed by atoms with Crippen LogP contribution in [0.3, 0.4) is 0 Å². The van der Waals surface area contributed by atoms with E-state index < -0.39 is 36.1 Å². The van der Waals surface area contributed by atoms with Gasteiger partial charge in [-0.1, -0.05) is 70.1 Å². The minimum Gasteiger partial charge on any atom is -0.478 e. The van der Waals surface area contributed by atoms with E-state index in [1.165, 1.54) is 48.9 Å². The Kier molecular flexibility index (Phi) is 9.57. The molecule has 188 valence electrons. The third-order valence-electron chi connectivity index (χ3n) is 7.24. The lowest BCUT2D eigenvalue weighted by Crippen LogP contribution is -2.50. The summed E-state index contributed by atoms with van der Waals surface area (Å²) in [5.41, 5.74) is -1.80. The molecule has 2 aromatic rings. The number of carbonyl (C=O) groups is 1. The van der Waals surface area contributed by atoms with Gasteiger partial charge in [0, 0.05) is 10.4 Å². The Balaban J connectivity index is 1.85.